The van der Waals surface area contributed by atoms with Crippen molar-refractivity contribution in [2.24, 2.45) is 0 Å². The van der Waals surface area contributed by atoms with Gasteiger partial charge in [0.25, 0.3) is 11.8 Å². The fourth-order valence-corrected chi connectivity index (χ4v) is 2.19. The molecular weight excluding hydrogens is 338 g/mol. The molecule has 0 atom stereocenters. The predicted octanol–water partition coefficient (Wildman–Crippen LogP) is 1.02. The Morgan fingerprint density at radius 3 is 2.62 bits per heavy atom. The largest absolute Gasteiger partial charge is 0.454 e. The van der Waals surface area contributed by atoms with Crippen LogP contribution in [0.5, 0.6) is 0 Å². The Labute approximate surface area is 143 Å². The number of nitrogens with one attached hydrogen (secondary N) is 1. The van der Waals surface area contributed by atoms with Crippen molar-refractivity contribution in [3.05, 3.63) is 28.8 Å². The van der Waals surface area contributed by atoms with E-state index in [4.69, 9.17) is 16.3 Å². The van der Waals surface area contributed by atoms with Crippen LogP contribution in [0.25, 0.3) is 0 Å². The average Bonchev–Trinajstić information content (AvgIpc) is 2.75. The Bertz CT molecular complexity index is 706. The molecule has 9 heteroatoms. The molecule has 1 N–H and O–H groups in total. The molecule has 1 aliphatic rings. The molecule has 1 fully saturated rings. The quantitative estimate of drug-likeness (QED) is 0.630. The predicted molar refractivity (Wildman–Crippen MR) is 85.5 cm³/mol. The van der Waals surface area contributed by atoms with E-state index >= 15 is 0 Å². The van der Waals surface area contributed by atoms with Crippen LogP contribution in [0.2, 0.25) is 5.02 Å². The van der Waals surface area contributed by atoms with Gasteiger partial charge in [0.2, 0.25) is 0 Å². The molecule has 0 bridgehead atoms. The minimum atomic E-state index is -0.843. The number of carbonyl (C=O) groups is 4. The van der Waals surface area contributed by atoms with E-state index < -0.39 is 37.0 Å². The average molecular weight is 354 g/mol. The minimum absolute atomic E-state index is 0.0826. The fraction of sp³-hybridized carbons (Fsp3) is 0.333. The lowest BCUT2D eigenvalue weighted by Gasteiger charge is -2.13. The van der Waals surface area contributed by atoms with Crippen LogP contribution >= 0.6 is 11.6 Å². The van der Waals surface area contributed by atoms with Crippen LogP contribution in [0.3, 0.4) is 0 Å². The van der Waals surface area contributed by atoms with Crippen LogP contribution in [0.4, 0.5) is 10.5 Å². The summed E-state index contributed by atoms with van der Waals surface area (Å²) in [5.74, 6) is -1.89. The maximum absolute atomic E-state index is 11.7. The summed E-state index contributed by atoms with van der Waals surface area (Å²) in [6.07, 6.45) is 0. The molecule has 1 heterocycles. The first-order valence-corrected chi connectivity index (χ1v) is 7.43. The molecule has 1 aromatic rings. The minimum Gasteiger partial charge on any atom is -0.454 e. The number of benzene rings is 1. The molecule has 0 unspecified atom stereocenters. The topological polar surface area (TPSA) is 96.0 Å². The number of rotatable bonds is 5. The van der Waals surface area contributed by atoms with E-state index in [1.165, 1.54) is 11.9 Å². The van der Waals surface area contributed by atoms with Gasteiger partial charge in [-0.15, -0.1) is 0 Å². The molecule has 2 rings (SSSR count). The number of anilines is 1. The maximum Gasteiger partial charge on any atom is 0.327 e. The second-order valence-electron chi connectivity index (χ2n) is 5.29. The molecule has 24 heavy (non-hydrogen) atoms. The third-order valence-corrected chi connectivity index (χ3v) is 3.75. The van der Waals surface area contributed by atoms with Crippen molar-refractivity contribution >= 4 is 41.1 Å². The Morgan fingerprint density at radius 1 is 1.33 bits per heavy atom. The van der Waals surface area contributed by atoms with Crippen LogP contribution in [-0.2, 0) is 19.1 Å². The summed E-state index contributed by atoms with van der Waals surface area (Å²) in [5, 5.41) is 3.03. The number of halogens is 1. The molecule has 1 aliphatic heterocycles. The Kier molecular flexibility index (Phi) is 5.40. The number of hydrogen-bond acceptors (Lipinski definition) is 5. The van der Waals surface area contributed by atoms with E-state index in [9.17, 15) is 19.2 Å². The van der Waals surface area contributed by atoms with Crippen LogP contribution in [0, 0.1) is 6.92 Å². The van der Waals surface area contributed by atoms with E-state index in [0.717, 1.165) is 10.5 Å². The molecule has 0 aliphatic carbocycles. The van der Waals surface area contributed by atoms with Gasteiger partial charge < -0.3 is 15.0 Å². The first kappa shape index (κ1) is 17.7. The third-order valence-electron chi connectivity index (χ3n) is 3.34. The zero-order chi connectivity index (χ0) is 17.9. The second kappa shape index (κ2) is 7.31. The zero-order valence-electron chi connectivity index (χ0n) is 13.2. The summed E-state index contributed by atoms with van der Waals surface area (Å²) < 4.78 is 4.78. The monoisotopic (exact) mass is 353 g/mol. The molecule has 1 aromatic carbocycles. The highest BCUT2D eigenvalue weighted by molar-refractivity contribution is 6.31. The van der Waals surface area contributed by atoms with Gasteiger partial charge in [-0.3, -0.25) is 19.3 Å². The summed E-state index contributed by atoms with van der Waals surface area (Å²) in [7, 11) is 1.45. The van der Waals surface area contributed by atoms with Crippen molar-refractivity contribution in [3.8, 4) is 0 Å². The van der Waals surface area contributed by atoms with Crippen molar-refractivity contribution in [2.75, 3.05) is 32.1 Å². The molecule has 0 radical (unpaired) electrons. The van der Waals surface area contributed by atoms with E-state index in [0.29, 0.717) is 10.7 Å². The van der Waals surface area contributed by atoms with Gasteiger partial charge in [0.1, 0.15) is 13.1 Å². The van der Waals surface area contributed by atoms with Gasteiger partial charge in [0.15, 0.2) is 6.61 Å². The highest BCUT2D eigenvalue weighted by atomic mass is 35.5. The second-order valence-corrected chi connectivity index (χ2v) is 5.70. The molecule has 1 saturated heterocycles. The Morgan fingerprint density at radius 2 is 2.04 bits per heavy atom. The van der Waals surface area contributed by atoms with Gasteiger partial charge in [-0.2, -0.15) is 0 Å². The number of carbonyl (C=O) groups excluding carboxylic acids is 4. The van der Waals surface area contributed by atoms with Gasteiger partial charge >= 0.3 is 12.0 Å². The number of urea groups is 1. The highest BCUT2D eigenvalue weighted by Gasteiger charge is 2.35. The summed E-state index contributed by atoms with van der Waals surface area (Å²) >= 11 is 5.95. The van der Waals surface area contributed by atoms with Crippen LogP contribution in [-0.4, -0.2) is 60.4 Å². The van der Waals surface area contributed by atoms with Crippen LogP contribution < -0.4 is 5.32 Å². The van der Waals surface area contributed by atoms with E-state index in [-0.39, 0.29) is 6.54 Å². The number of ether oxygens (including phenoxy) is 1. The maximum atomic E-state index is 11.7. The molecule has 0 aromatic heterocycles. The van der Waals surface area contributed by atoms with Gasteiger partial charge in [-0.25, -0.2) is 4.79 Å². The molecular formula is C15H16ClN3O5. The van der Waals surface area contributed by atoms with Crippen molar-refractivity contribution in [3.63, 3.8) is 0 Å². The zero-order valence-corrected chi connectivity index (χ0v) is 13.9. The van der Waals surface area contributed by atoms with E-state index in [2.05, 4.69) is 5.32 Å². The lowest BCUT2D eigenvalue weighted by molar-refractivity contribution is -0.149. The smallest absolute Gasteiger partial charge is 0.327 e. The van der Waals surface area contributed by atoms with Gasteiger partial charge in [0.05, 0.1) is 0 Å². The van der Waals surface area contributed by atoms with E-state index in [1.54, 1.807) is 18.2 Å². The number of amides is 4. The lowest BCUT2D eigenvalue weighted by atomic mass is 10.2. The Hall–Kier alpha value is -2.61. The number of nitrogens with zero attached hydrogens (tertiary/aromatic N) is 2. The van der Waals surface area contributed by atoms with Gasteiger partial charge in [0, 0.05) is 17.8 Å². The van der Waals surface area contributed by atoms with Crippen LogP contribution in [0.1, 0.15) is 5.56 Å². The lowest BCUT2D eigenvalue weighted by Crippen LogP contribution is -2.37. The highest BCUT2D eigenvalue weighted by Crippen LogP contribution is 2.19. The van der Waals surface area contributed by atoms with Crippen molar-refractivity contribution in [2.45, 2.75) is 6.92 Å². The number of imide groups is 1. The molecule has 8 nitrogen and oxygen atoms in total. The van der Waals surface area contributed by atoms with Gasteiger partial charge in [-0.05, 0) is 24.6 Å². The number of likely N-dealkylation sites (N-methyl/N-ethyl adjacent to an activating group) is 1. The molecule has 0 saturated carbocycles. The molecule has 0 spiro atoms. The summed E-state index contributed by atoms with van der Waals surface area (Å²) in [6, 6.07) is 4.41. The summed E-state index contributed by atoms with van der Waals surface area (Å²) in [6.45, 7) is 0.691. The number of aryl methyl sites for hydroxylation is 1. The van der Waals surface area contributed by atoms with Gasteiger partial charge in [-0.1, -0.05) is 17.7 Å². The number of hydrogen-bond donors (Lipinski definition) is 1. The first-order valence-electron chi connectivity index (χ1n) is 7.05. The summed E-state index contributed by atoms with van der Waals surface area (Å²) in [4.78, 5) is 48.5. The number of esters is 1. The molecule has 4 amide bonds. The third kappa shape index (κ3) is 4.23. The SMILES string of the molecule is Cc1ccc(NC(=O)COC(=O)CN2C(=O)CN(C)C2=O)cc1Cl. The Balaban J connectivity index is 1.81. The van der Waals surface area contributed by atoms with Crippen LogP contribution in [0.15, 0.2) is 18.2 Å². The van der Waals surface area contributed by atoms with E-state index in [1.807, 2.05) is 6.92 Å². The summed E-state index contributed by atoms with van der Waals surface area (Å²) in [5.41, 5.74) is 1.34. The standard InChI is InChI=1S/C15H16ClN3O5/c1-9-3-4-10(5-11(9)16)17-12(20)8-24-14(22)7-19-13(21)6-18(2)15(19)23/h3-5H,6-8H2,1-2H3,(H,17,20). The molecule has 128 valence electrons. The fourth-order valence-electron chi connectivity index (χ4n) is 2.01. The first-order chi connectivity index (χ1) is 11.3. The van der Waals surface area contributed by atoms with Crippen molar-refractivity contribution in [1.82, 2.24) is 9.80 Å². The normalized spacial score (nSPS) is 14.1. The van der Waals surface area contributed by atoms with Crippen molar-refractivity contribution < 1.29 is 23.9 Å². The van der Waals surface area contributed by atoms with Crippen molar-refractivity contribution in [1.29, 1.82) is 0 Å².